The van der Waals surface area contributed by atoms with E-state index in [0.717, 1.165) is 55.5 Å². The average molecular weight is 504 g/mol. The van der Waals surface area contributed by atoms with Crippen molar-refractivity contribution in [2.45, 2.75) is 52.0 Å². The number of hydrogen-bond acceptors (Lipinski definition) is 4. The molecule has 2 aromatic rings. The van der Waals surface area contributed by atoms with Gasteiger partial charge in [-0.3, -0.25) is 15.0 Å². The highest BCUT2D eigenvalue weighted by Crippen LogP contribution is 2.11. The van der Waals surface area contributed by atoms with Crippen LogP contribution in [0.1, 0.15) is 71.7 Å². The van der Waals surface area contributed by atoms with Crippen LogP contribution in [0.2, 0.25) is 0 Å². The van der Waals surface area contributed by atoms with Crippen molar-refractivity contribution < 1.29 is 14.3 Å². The van der Waals surface area contributed by atoms with Gasteiger partial charge in [0.1, 0.15) is 0 Å². The Morgan fingerprint density at radius 1 is 0.812 bits per heavy atom. The third kappa shape index (κ3) is 10.4. The Balaban J connectivity index is 1.57. The summed E-state index contributed by atoms with van der Waals surface area (Å²) in [5.74, 6) is -0.304. The van der Waals surface area contributed by atoms with Crippen molar-refractivity contribution in [3.8, 4) is 0 Å². The van der Waals surface area contributed by atoms with Crippen molar-refractivity contribution in [2.24, 2.45) is 0 Å². The van der Waals surface area contributed by atoms with Crippen LogP contribution in [0.15, 0.2) is 53.0 Å². The molecule has 0 saturated heterocycles. The molecule has 0 aliphatic rings. The van der Waals surface area contributed by atoms with Crippen LogP contribution >= 0.6 is 15.9 Å². The lowest BCUT2D eigenvalue weighted by Gasteiger charge is -2.09. The highest BCUT2D eigenvalue weighted by atomic mass is 79.9. The molecule has 0 aliphatic carbocycles. The Bertz CT molecular complexity index is 810. The molecule has 32 heavy (non-hydrogen) atoms. The van der Waals surface area contributed by atoms with Gasteiger partial charge in [0.2, 0.25) is 0 Å². The van der Waals surface area contributed by atoms with Gasteiger partial charge in [0.15, 0.2) is 0 Å². The Labute approximate surface area is 199 Å². The lowest BCUT2D eigenvalue weighted by atomic mass is 10.1. The second kappa shape index (κ2) is 15.6. The molecular weight excluding hydrogens is 470 g/mol. The number of carbonyl (C=O) groups is 2. The predicted octanol–water partition coefficient (Wildman–Crippen LogP) is 4.99. The topological polar surface area (TPSA) is 79.5 Å². The number of amides is 2. The van der Waals surface area contributed by atoms with Gasteiger partial charge in [-0.05, 0) is 67.6 Å². The largest absolute Gasteiger partial charge is 0.381 e. The summed E-state index contributed by atoms with van der Waals surface area (Å²) in [5.41, 5.74) is 7.81. The van der Waals surface area contributed by atoms with Crippen LogP contribution in [0.3, 0.4) is 0 Å². The van der Waals surface area contributed by atoms with E-state index in [4.69, 9.17) is 4.74 Å². The van der Waals surface area contributed by atoms with Crippen LogP contribution in [-0.4, -0.2) is 31.6 Å². The first kappa shape index (κ1) is 26.0. The van der Waals surface area contributed by atoms with Crippen molar-refractivity contribution in [1.29, 1.82) is 0 Å². The van der Waals surface area contributed by atoms with Crippen LogP contribution < -0.4 is 16.2 Å². The molecule has 0 unspecified atom stereocenters. The Hall–Kier alpha value is -2.22. The second-order valence-corrected chi connectivity index (χ2v) is 8.56. The van der Waals surface area contributed by atoms with Crippen LogP contribution in [0, 0.1) is 0 Å². The highest BCUT2D eigenvalue weighted by molar-refractivity contribution is 9.10. The quantitative estimate of drug-likeness (QED) is 0.236. The molecule has 0 radical (unpaired) electrons. The number of halogens is 1. The van der Waals surface area contributed by atoms with Gasteiger partial charge in [-0.2, -0.15) is 0 Å². The maximum atomic E-state index is 12.2. The van der Waals surface area contributed by atoms with E-state index in [-0.39, 0.29) is 11.8 Å². The summed E-state index contributed by atoms with van der Waals surface area (Å²) in [4.78, 5) is 24.4. The molecule has 0 heterocycles. The minimum absolute atomic E-state index is 0.133. The Kier molecular flexibility index (Phi) is 12.7. The number of carbonyl (C=O) groups excluding carboxylic acids is 2. The molecule has 0 fully saturated rings. The van der Waals surface area contributed by atoms with E-state index >= 15 is 0 Å². The molecule has 3 N–H and O–H groups in total. The van der Waals surface area contributed by atoms with Crippen LogP contribution in [0.4, 0.5) is 0 Å². The summed E-state index contributed by atoms with van der Waals surface area (Å²) in [5, 5.41) is 2.88. The van der Waals surface area contributed by atoms with E-state index in [1.807, 2.05) is 24.3 Å². The van der Waals surface area contributed by atoms with E-state index in [9.17, 15) is 9.59 Å². The standard InChI is InChI=1S/C25H34BrN3O3/c1-2-3-6-17-32-18-7-4-5-16-28-29-25(31)22-10-8-20(9-11-22)19-27-24(30)21-12-14-23(26)15-13-21/h8-15,28H,2-7,16-19H2,1H3,(H,27,30)(H,29,31). The summed E-state index contributed by atoms with van der Waals surface area (Å²) < 4.78 is 6.52. The molecule has 0 aromatic heterocycles. The molecule has 6 nitrogen and oxygen atoms in total. The zero-order chi connectivity index (χ0) is 23.0. The summed E-state index contributed by atoms with van der Waals surface area (Å²) in [6.07, 6.45) is 6.69. The lowest BCUT2D eigenvalue weighted by molar-refractivity contribution is 0.0928. The first-order chi connectivity index (χ1) is 15.6. The zero-order valence-corrected chi connectivity index (χ0v) is 20.4. The number of rotatable bonds is 15. The molecule has 2 amide bonds. The minimum atomic E-state index is -0.172. The highest BCUT2D eigenvalue weighted by Gasteiger charge is 2.07. The van der Waals surface area contributed by atoms with Gasteiger partial charge in [0, 0.05) is 41.9 Å². The SMILES string of the molecule is CCCCCOCCCCCNNC(=O)c1ccc(CNC(=O)c2ccc(Br)cc2)cc1. The molecule has 0 spiro atoms. The first-order valence-electron chi connectivity index (χ1n) is 11.3. The van der Waals surface area contributed by atoms with Crippen molar-refractivity contribution in [3.05, 3.63) is 69.7 Å². The molecule has 2 rings (SSSR count). The van der Waals surface area contributed by atoms with Crippen molar-refractivity contribution in [2.75, 3.05) is 19.8 Å². The first-order valence-corrected chi connectivity index (χ1v) is 12.1. The maximum absolute atomic E-state index is 12.2. The van der Waals surface area contributed by atoms with E-state index < -0.39 is 0 Å². The van der Waals surface area contributed by atoms with Crippen molar-refractivity contribution in [3.63, 3.8) is 0 Å². The fraction of sp³-hybridized carbons (Fsp3) is 0.440. The van der Waals surface area contributed by atoms with Crippen molar-refractivity contribution >= 4 is 27.7 Å². The number of unbranched alkanes of at least 4 members (excludes halogenated alkanes) is 4. The van der Waals surface area contributed by atoms with Crippen LogP contribution in [0.5, 0.6) is 0 Å². The summed E-state index contributed by atoms with van der Waals surface area (Å²) >= 11 is 3.36. The van der Waals surface area contributed by atoms with E-state index in [0.29, 0.717) is 17.7 Å². The molecule has 2 aromatic carbocycles. The van der Waals surface area contributed by atoms with Gasteiger partial charge in [-0.25, -0.2) is 5.43 Å². The van der Waals surface area contributed by atoms with Gasteiger partial charge in [-0.1, -0.05) is 47.8 Å². The fourth-order valence-corrected chi connectivity index (χ4v) is 3.29. The van der Waals surface area contributed by atoms with E-state index in [2.05, 4.69) is 39.0 Å². The average Bonchev–Trinajstić information content (AvgIpc) is 2.81. The summed E-state index contributed by atoms with van der Waals surface area (Å²) in [7, 11) is 0. The zero-order valence-electron chi connectivity index (χ0n) is 18.8. The van der Waals surface area contributed by atoms with Crippen LogP contribution in [0.25, 0.3) is 0 Å². The number of ether oxygens (including phenoxy) is 1. The molecule has 0 saturated carbocycles. The van der Waals surface area contributed by atoms with Crippen LogP contribution in [-0.2, 0) is 11.3 Å². The lowest BCUT2D eigenvalue weighted by Crippen LogP contribution is -2.37. The summed E-state index contributed by atoms with van der Waals surface area (Å²) in [6.45, 7) is 4.98. The number of hydrazine groups is 1. The number of benzene rings is 2. The molecule has 7 heteroatoms. The third-order valence-electron chi connectivity index (χ3n) is 4.96. The van der Waals surface area contributed by atoms with Gasteiger partial charge in [-0.15, -0.1) is 0 Å². The van der Waals surface area contributed by atoms with E-state index in [1.54, 1.807) is 24.3 Å². The number of hydrogen-bond donors (Lipinski definition) is 3. The molecule has 174 valence electrons. The maximum Gasteiger partial charge on any atom is 0.265 e. The monoisotopic (exact) mass is 503 g/mol. The second-order valence-electron chi connectivity index (χ2n) is 7.65. The van der Waals surface area contributed by atoms with Gasteiger partial charge < -0.3 is 10.1 Å². The van der Waals surface area contributed by atoms with Gasteiger partial charge in [0.25, 0.3) is 11.8 Å². The fourth-order valence-electron chi connectivity index (χ4n) is 3.03. The molecule has 0 bridgehead atoms. The van der Waals surface area contributed by atoms with Gasteiger partial charge >= 0.3 is 0 Å². The van der Waals surface area contributed by atoms with E-state index in [1.165, 1.54) is 12.8 Å². The Morgan fingerprint density at radius 2 is 1.44 bits per heavy atom. The number of nitrogens with one attached hydrogen (secondary N) is 3. The molecule has 0 aliphatic heterocycles. The predicted molar refractivity (Wildman–Crippen MR) is 131 cm³/mol. The normalized spacial score (nSPS) is 10.7. The third-order valence-corrected chi connectivity index (χ3v) is 5.49. The van der Waals surface area contributed by atoms with Crippen molar-refractivity contribution in [1.82, 2.24) is 16.2 Å². The smallest absolute Gasteiger partial charge is 0.265 e. The summed E-state index contributed by atoms with van der Waals surface area (Å²) in [6, 6.07) is 14.4. The van der Waals surface area contributed by atoms with Gasteiger partial charge in [0.05, 0.1) is 0 Å². The molecule has 0 atom stereocenters. The minimum Gasteiger partial charge on any atom is -0.381 e. The Morgan fingerprint density at radius 3 is 2.12 bits per heavy atom. The molecular formula is C25H34BrN3O3.